The van der Waals surface area contributed by atoms with Crippen LogP contribution in [0.15, 0.2) is 51.8 Å². The van der Waals surface area contributed by atoms with Crippen molar-refractivity contribution in [1.29, 1.82) is 0 Å². The molecule has 1 N–H and O–H groups in total. The Labute approximate surface area is 180 Å². The van der Waals surface area contributed by atoms with Crippen LogP contribution in [0.5, 0.6) is 5.75 Å². The Morgan fingerprint density at radius 1 is 1.29 bits per heavy atom. The molecule has 0 aromatic heterocycles. The Hall–Kier alpha value is -2.16. The molecular weight excluding hydrogens is 462 g/mol. The summed E-state index contributed by atoms with van der Waals surface area (Å²) in [5, 5.41) is 8.93. The summed E-state index contributed by atoms with van der Waals surface area (Å²) in [6.07, 6.45) is 1.81. The molecule has 2 aromatic rings. The number of likely N-dealkylation sites (N-methyl/N-ethyl adjacent to an activating group) is 1. The summed E-state index contributed by atoms with van der Waals surface area (Å²) in [6, 6.07) is 12.1. The summed E-state index contributed by atoms with van der Waals surface area (Å²) in [6.45, 7) is 2.77. The van der Waals surface area contributed by atoms with Gasteiger partial charge in [-0.1, -0.05) is 42.2 Å². The van der Waals surface area contributed by atoms with Crippen LogP contribution in [0.2, 0.25) is 0 Å². The van der Waals surface area contributed by atoms with Crippen molar-refractivity contribution in [3.8, 4) is 5.75 Å². The molecule has 1 saturated heterocycles. The third-order valence-corrected chi connectivity index (χ3v) is 6.04. The van der Waals surface area contributed by atoms with Crippen molar-refractivity contribution in [3.05, 3.63) is 68.5 Å². The predicted molar refractivity (Wildman–Crippen MR) is 117 cm³/mol. The van der Waals surface area contributed by atoms with Crippen LogP contribution >= 0.6 is 39.9 Å². The Morgan fingerprint density at radius 2 is 2.00 bits per heavy atom. The molecular formula is C20H16BrNO4S2. The Kier molecular flexibility index (Phi) is 6.53. The lowest BCUT2D eigenvalue weighted by Gasteiger charge is -2.10. The first-order chi connectivity index (χ1) is 13.4. The maximum absolute atomic E-state index is 12.3. The van der Waals surface area contributed by atoms with Crippen molar-refractivity contribution in [2.24, 2.45) is 0 Å². The number of ether oxygens (including phenoxy) is 1. The first-order valence-corrected chi connectivity index (χ1v) is 10.4. The second-order valence-electron chi connectivity index (χ2n) is 5.91. The Bertz CT molecular complexity index is 973. The fraction of sp³-hybridized carbons (Fsp3) is 0.150. The number of halogens is 1. The van der Waals surface area contributed by atoms with E-state index in [1.807, 2.05) is 31.2 Å². The quantitative estimate of drug-likeness (QED) is 0.468. The number of hydrogen-bond acceptors (Lipinski definition) is 5. The van der Waals surface area contributed by atoms with E-state index >= 15 is 0 Å². The molecule has 0 spiro atoms. The standard InChI is InChI=1S/C20H16BrNO4S2/c1-2-22-18(23)17(28-20(22)27)10-13-5-8-16(15(21)9-13)26-11-12-3-6-14(7-4-12)19(24)25/h3-10H,2,11H2,1H3,(H,24,25). The first-order valence-electron chi connectivity index (χ1n) is 8.39. The van der Waals surface area contributed by atoms with Crippen molar-refractivity contribution >= 4 is 62.2 Å². The van der Waals surface area contributed by atoms with Crippen LogP contribution in [0, 0.1) is 0 Å². The van der Waals surface area contributed by atoms with E-state index in [2.05, 4.69) is 15.9 Å². The zero-order chi connectivity index (χ0) is 20.3. The summed E-state index contributed by atoms with van der Waals surface area (Å²) in [5.74, 6) is -0.374. The van der Waals surface area contributed by atoms with E-state index in [1.54, 1.807) is 29.2 Å². The summed E-state index contributed by atoms with van der Waals surface area (Å²) < 4.78 is 7.14. The number of carbonyl (C=O) groups is 2. The lowest BCUT2D eigenvalue weighted by molar-refractivity contribution is -0.121. The molecule has 8 heteroatoms. The monoisotopic (exact) mass is 477 g/mol. The van der Waals surface area contributed by atoms with Gasteiger partial charge in [0.25, 0.3) is 5.91 Å². The van der Waals surface area contributed by atoms with E-state index in [-0.39, 0.29) is 11.5 Å². The number of thioether (sulfide) groups is 1. The second-order valence-corrected chi connectivity index (χ2v) is 8.44. The normalized spacial score (nSPS) is 15.4. The number of hydrogen-bond donors (Lipinski definition) is 1. The van der Waals surface area contributed by atoms with Crippen LogP contribution < -0.4 is 4.74 Å². The summed E-state index contributed by atoms with van der Waals surface area (Å²) in [7, 11) is 0. The van der Waals surface area contributed by atoms with E-state index < -0.39 is 5.97 Å². The van der Waals surface area contributed by atoms with Crippen molar-refractivity contribution in [1.82, 2.24) is 4.90 Å². The number of benzene rings is 2. The molecule has 0 unspecified atom stereocenters. The zero-order valence-electron chi connectivity index (χ0n) is 14.8. The van der Waals surface area contributed by atoms with Crippen LogP contribution in [-0.2, 0) is 11.4 Å². The highest BCUT2D eigenvalue weighted by atomic mass is 79.9. The number of amides is 1. The number of rotatable bonds is 6. The fourth-order valence-corrected chi connectivity index (χ4v) is 4.45. The number of aromatic carboxylic acids is 1. The minimum Gasteiger partial charge on any atom is -0.488 e. The van der Waals surface area contributed by atoms with Gasteiger partial charge in [-0.25, -0.2) is 4.79 Å². The van der Waals surface area contributed by atoms with Gasteiger partial charge >= 0.3 is 5.97 Å². The van der Waals surface area contributed by atoms with E-state index in [1.165, 1.54) is 11.8 Å². The molecule has 28 heavy (non-hydrogen) atoms. The number of carboxylic acid groups (broad SMARTS) is 1. The van der Waals surface area contributed by atoms with Crippen LogP contribution in [0.25, 0.3) is 6.08 Å². The molecule has 5 nitrogen and oxygen atoms in total. The lowest BCUT2D eigenvalue weighted by atomic mass is 10.1. The molecule has 0 aliphatic carbocycles. The number of nitrogens with zero attached hydrogens (tertiary/aromatic N) is 1. The van der Waals surface area contributed by atoms with Gasteiger partial charge in [0.1, 0.15) is 16.7 Å². The number of carbonyl (C=O) groups excluding carboxylic acids is 1. The first kappa shape index (κ1) is 20.6. The van der Waals surface area contributed by atoms with Crippen LogP contribution in [0.1, 0.15) is 28.4 Å². The molecule has 1 aliphatic rings. The van der Waals surface area contributed by atoms with Crippen molar-refractivity contribution in [3.63, 3.8) is 0 Å². The smallest absolute Gasteiger partial charge is 0.335 e. The van der Waals surface area contributed by atoms with Gasteiger partial charge in [0.2, 0.25) is 0 Å². The van der Waals surface area contributed by atoms with Gasteiger partial charge in [-0.3, -0.25) is 9.69 Å². The molecule has 1 fully saturated rings. The average Bonchev–Trinajstić information content (AvgIpc) is 2.94. The molecule has 0 bridgehead atoms. The van der Waals surface area contributed by atoms with Crippen LogP contribution in [-0.4, -0.2) is 32.7 Å². The summed E-state index contributed by atoms with van der Waals surface area (Å²) in [5.41, 5.74) is 1.97. The maximum atomic E-state index is 12.3. The summed E-state index contributed by atoms with van der Waals surface area (Å²) >= 11 is 10.0. The van der Waals surface area contributed by atoms with E-state index in [9.17, 15) is 9.59 Å². The molecule has 0 saturated carbocycles. The highest BCUT2D eigenvalue weighted by Crippen LogP contribution is 2.34. The van der Waals surface area contributed by atoms with Crippen molar-refractivity contribution in [2.45, 2.75) is 13.5 Å². The second kappa shape index (κ2) is 8.89. The van der Waals surface area contributed by atoms with Crippen molar-refractivity contribution < 1.29 is 19.4 Å². The minimum atomic E-state index is -0.957. The van der Waals surface area contributed by atoms with Gasteiger partial charge in [0.15, 0.2) is 0 Å². The van der Waals surface area contributed by atoms with E-state index in [4.69, 9.17) is 22.1 Å². The lowest BCUT2D eigenvalue weighted by Crippen LogP contribution is -2.27. The van der Waals surface area contributed by atoms with E-state index in [0.717, 1.165) is 15.6 Å². The van der Waals surface area contributed by atoms with Gasteiger partial charge in [-0.15, -0.1) is 0 Å². The molecule has 2 aromatic carbocycles. The topological polar surface area (TPSA) is 66.8 Å². The van der Waals surface area contributed by atoms with Gasteiger partial charge in [-0.05, 0) is 64.3 Å². The highest BCUT2D eigenvalue weighted by Gasteiger charge is 2.30. The van der Waals surface area contributed by atoms with Crippen LogP contribution in [0.4, 0.5) is 0 Å². The van der Waals surface area contributed by atoms with Gasteiger partial charge < -0.3 is 9.84 Å². The average molecular weight is 478 g/mol. The SMILES string of the molecule is CCN1C(=O)C(=Cc2ccc(OCc3ccc(C(=O)O)cc3)c(Br)c2)SC1=S. The summed E-state index contributed by atoms with van der Waals surface area (Å²) in [4.78, 5) is 25.4. The number of carboxylic acids is 1. The zero-order valence-corrected chi connectivity index (χ0v) is 18.1. The molecule has 0 radical (unpaired) electrons. The largest absolute Gasteiger partial charge is 0.488 e. The van der Waals surface area contributed by atoms with Gasteiger partial charge in [-0.2, -0.15) is 0 Å². The van der Waals surface area contributed by atoms with Gasteiger partial charge in [0.05, 0.1) is 14.9 Å². The highest BCUT2D eigenvalue weighted by molar-refractivity contribution is 9.10. The van der Waals surface area contributed by atoms with Crippen LogP contribution in [0.3, 0.4) is 0 Å². The molecule has 144 valence electrons. The fourth-order valence-electron chi connectivity index (χ4n) is 2.55. The third kappa shape index (κ3) is 4.63. The van der Waals surface area contributed by atoms with E-state index in [0.29, 0.717) is 28.1 Å². The molecule has 1 amide bonds. The number of thiocarbonyl (C=S) groups is 1. The minimum absolute atomic E-state index is 0.0706. The van der Waals surface area contributed by atoms with Crippen molar-refractivity contribution in [2.75, 3.05) is 6.54 Å². The van der Waals surface area contributed by atoms with Gasteiger partial charge in [0, 0.05) is 6.54 Å². The Balaban J connectivity index is 1.69. The molecule has 0 atom stereocenters. The predicted octanol–water partition coefficient (Wildman–Crippen LogP) is 4.95. The molecule has 1 aliphatic heterocycles. The molecule has 1 heterocycles. The Morgan fingerprint density at radius 3 is 2.57 bits per heavy atom. The third-order valence-electron chi connectivity index (χ3n) is 4.04. The maximum Gasteiger partial charge on any atom is 0.335 e. The molecule has 3 rings (SSSR count).